The molecule has 0 bridgehead atoms. The minimum atomic E-state index is -0.159. The maximum atomic E-state index is 9.33. The normalized spacial score (nSPS) is 9.75. The number of aromatic hydroxyl groups is 2. The predicted molar refractivity (Wildman–Crippen MR) is 47.9 cm³/mol. The first kappa shape index (κ1) is 8.62. The summed E-state index contributed by atoms with van der Waals surface area (Å²) >= 11 is 0. The van der Waals surface area contributed by atoms with Crippen LogP contribution in [0.15, 0.2) is 24.8 Å². The average Bonchev–Trinajstić information content (AvgIpc) is 2.08. The number of hydrogen-bond donors (Lipinski definition) is 3. The fourth-order valence-corrected chi connectivity index (χ4v) is 0.927. The van der Waals surface area contributed by atoms with Crippen LogP contribution in [0, 0.1) is 0 Å². The van der Waals surface area contributed by atoms with E-state index in [4.69, 9.17) is 10.8 Å². The highest BCUT2D eigenvalue weighted by Gasteiger charge is 2.06. The Morgan fingerprint density at radius 2 is 2.08 bits per heavy atom. The molecule has 3 heteroatoms. The molecule has 0 spiro atoms. The van der Waals surface area contributed by atoms with Crippen LogP contribution in [0.1, 0.15) is 5.56 Å². The van der Waals surface area contributed by atoms with Gasteiger partial charge < -0.3 is 15.9 Å². The third-order valence-corrected chi connectivity index (χ3v) is 1.64. The van der Waals surface area contributed by atoms with Crippen molar-refractivity contribution in [2.45, 2.75) is 0 Å². The number of hydrogen-bond acceptors (Lipinski definition) is 3. The van der Waals surface area contributed by atoms with Crippen molar-refractivity contribution >= 4 is 5.57 Å². The molecule has 12 heavy (non-hydrogen) atoms. The fourth-order valence-electron chi connectivity index (χ4n) is 0.927. The molecule has 0 radical (unpaired) electrons. The van der Waals surface area contributed by atoms with Crippen molar-refractivity contribution in [1.82, 2.24) is 0 Å². The maximum Gasteiger partial charge on any atom is 0.165 e. The van der Waals surface area contributed by atoms with Gasteiger partial charge in [-0.15, -0.1) is 0 Å². The molecule has 0 aliphatic heterocycles. The molecule has 0 aliphatic carbocycles. The number of para-hydroxylation sites is 1. The Morgan fingerprint density at radius 1 is 1.42 bits per heavy atom. The summed E-state index contributed by atoms with van der Waals surface area (Å²) in [7, 11) is 0. The van der Waals surface area contributed by atoms with Gasteiger partial charge in [0.05, 0.1) is 0 Å². The summed E-state index contributed by atoms with van der Waals surface area (Å²) in [6, 6.07) is 4.69. The Hall–Kier alpha value is -1.48. The van der Waals surface area contributed by atoms with Crippen molar-refractivity contribution in [3.63, 3.8) is 0 Å². The molecule has 0 unspecified atom stereocenters. The van der Waals surface area contributed by atoms with Crippen LogP contribution in [0.2, 0.25) is 0 Å². The molecule has 0 heterocycles. The summed E-state index contributed by atoms with van der Waals surface area (Å²) in [6.07, 6.45) is 0. The van der Waals surface area contributed by atoms with Gasteiger partial charge in [-0.05, 0) is 11.6 Å². The third kappa shape index (κ3) is 1.40. The van der Waals surface area contributed by atoms with Gasteiger partial charge in [-0.2, -0.15) is 0 Å². The molecule has 0 fully saturated rings. The minimum Gasteiger partial charge on any atom is -0.504 e. The number of nitrogens with two attached hydrogens (primary N) is 1. The molecule has 0 aromatic heterocycles. The number of rotatable bonds is 2. The first-order valence-electron chi connectivity index (χ1n) is 3.56. The molecule has 1 aromatic carbocycles. The molecule has 64 valence electrons. The summed E-state index contributed by atoms with van der Waals surface area (Å²) in [6.45, 7) is 3.91. The van der Waals surface area contributed by atoms with Crippen LogP contribution in [-0.2, 0) is 0 Å². The minimum absolute atomic E-state index is 0.151. The quantitative estimate of drug-likeness (QED) is 0.574. The zero-order valence-corrected chi connectivity index (χ0v) is 6.62. The SMILES string of the molecule is C=C(CN)c1cccc(O)c1O. The second kappa shape index (κ2) is 3.28. The highest BCUT2D eigenvalue weighted by molar-refractivity contribution is 5.71. The van der Waals surface area contributed by atoms with Crippen LogP contribution in [0.25, 0.3) is 5.57 Å². The first-order valence-corrected chi connectivity index (χ1v) is 3.56. The second-order valence-electron chi connectivity index (χ2n) is 2.48. The van der Waals surface area contributed by atoms with E-state index < -0.39 is 0 Å². The lowest BCUT2D eigenvalue weighted by molar-refractivity contribution is 0.402. The summed E-state index contributed by atoms with van der Waals surface area (Å²) in [5.74, 6) is -0.310. The number of phenolic OH excluding ortho intramolecular Hbond substituents is 2. The largest absolute Gasteiger partial charge is 0.504 e. The summed E-state index contributed by atoms with van der Waals surface area (Å²) in [5.41, 5.74) is 6.43. The Balaban J connectivity index is 3.16. The average molecular weight is 165 g/mol. The van der Waals surface area contributed by atoms with Gasteiger partial charge in [0, 0.05) is 12.1 Å². The van der Waals surface area contributed by atoms with Crippen LogP contribution in [0.3, 0.4) is 0 Å². The van der Waals surface area contributed by atoms with Crippen LogP contribution >= 0.6 is 0 Å². The Labute approximate surface area is 70.8 Å². The van der Waals surface area contributed by atoms with Crippen molar-refractivity contribution in [1.29, 1.82) is 0 Å². The van der Waals surface area contributed by atoms with E-state index in [1.54, 1.807) is 12.1 Å². The van der Waals surface area contributed by atoms with Crippen molar-refractivity contribution < 1.29 is 10.2 Å². The molecule has 1 rings (SSSR count). The fraction of sp³-hybridized carbons (Fsp3) is 0.111. The highest BCUT2D eigenvalue weighted by Crippen LogP contribution is 2.31. The van der Waals surface area contributed by atoms with Gasteiger partial charge in [0.2, 0.25) is 0 Å². The zero-order valence-electron chi connectivity index (χ0n) is 6.62. The zero-order chi connectivity index (χ0) is 9.14. The summed E-state index contributed by atoms with van der Waals surface area (Å²) in [4.78, 5) is 0. The van der Waals surface area contributed by atoms with E-state index in [2.05, 4.69) is 6.58 Å². The molecule has 0 aliphatic rings. The molecular formula is C9H11NO2. The maximum absolute atomic E-state index is 9.33. The Bertz CT molecular complexity index is 307. The number of phenols is 2. The lowest BCUT2D eigenvalue weighted by Gasteiger charge is -2.06. The van der Waals surface area contributed by atoms with E-state index in [-0.39, 0.29) is 18.0 Å². The predicted octanol–water partition coefficient (Wildman–Crippen LogP) is 1.07. The summed E-state index contributed by atoms with van der Waals surface area (Å²) < 4.78 is 0. The van der Waals surface area contributed by atoms with E-state index in [0.29, 0.717) is 11.1 Å². The van der Waals surface area contributed by atoms with Gasteiger partial charge in [-0.1, -0.05) is 18.7 Å². The standard InChI is InChI=1S/C9H11NO2/c1-6(5-10)7-3-2-4-8(11)9(7)12/h2-4,11-12H,1,5,10H2. The molecule has 3 nitrogen and oxygen atoms in total. The van der Waals surface area contributed by atoms with Crippen molar-refractivity contribution in [3.05, 3.63) is 30.3 Å². The second-order valence-corrected chi connectivity index (χ2v) is 2.48. The molecular weight excluding hydrogens is 154 g/mol. The van der Waals surface area contributed by atoms with Crippen LogP contribution in [0.4, 0.5) is 0 Å². The van der Waals surface area contributed by atoms with E-state index in [1.807, 2.05) is 0 Å². The van der Waals surface area contributed by atoms with Crippen LogP contribution < -0.4 is 5.73 Å². The lowest BCUT2D eigenvalue weighted by Crippen LogP contribution is -2.00. The molecule has 0 amide bonds. The van der Waals surface area contributed by atoms with Gasteiger partial charge in [-0.25, -0.2) is 0 Å². The van der Waals surface area contributed by atoms with Gasteiger partial charge in [0.1, 0.15) is 0 Å². The molecule has 0 atom stereocenters. The van der Waals surface area contributed by atoms with Gasteiger partial charge >= 0.3 is 0 Å². The lowest BCUT2D eigenvalue weighted by atomic mass is 10.1. The van der Waals surface area contributed by atoms with Gasteiger partial charge in [0.25, 0.3) is 0 Å². The van der Waals surface area contributed by atoms with Gasteiger partial charge in [0.15, 0.2) is 11.5 Å². The molecule has 0 saturated carbocycles. The highest BCUT2D eigenvalue weighted by atomic mass is 16.3. The molecule has 0 saturated heterocycles. The smallest absolute Gasteiger partial charge is 0.165 e. The van der Waals surface area contributed by atoms with E-state index in [0.717, 1.165) is 0 Å². The topological polar surface area (TPSA) is 66.5 Å². The van der Waals surface area contributed by atoms with Gasteiger partial charge in [-0.3, -0.25) is 0 Å². The van der Waals surface area contributed by atoms with E-state index in [9.17, 15) is 5.11 Å². The van der Waals surface area contributed by atoms with Crippen molar-refractivity contribution in [2.75, 3.05) is 6.54 Å². The van der Waals surface area contributed by atoms with Crippen molar-refractivity contribution in [2.24, 2.45) is 5.73 Å². The molecule has 1 aromatic rings. The number of benzene rings is 1. The van der Waals surface area contributed by atoms with E-state index in [1.165, 1.54) is 6.07 Å². The van der Waals surface area contributed by atoms with E-state index >= 15 is 0 Å². The monoisotopic (exact) mass is 165 g/mol. The van der Waals surface area contributed by atoms with Crippen LogP contribution in [-0.4, -0.2) is 16.8 Å². The van der Waals surface area contributed by atoms with Crippen LogP contribution in [0.5, 0.6) is 11.5 Å². The Kier molecular flexibility index (Phi) is 2.35. The Morgan fingerprint density at radius 3 is 2.67 bits per heavy atom. The molecule has 4 N–H and O–H groups in total. The summed E-state index contributed by atoms with van der Waals surface area (Å²) in [5, 5.41) is 18.4. The third-order valence-electron chi connectivity index (χ3n) is 1.64. The van der Waals surface area contributed by atoms with Crippen molar-refractivity contribution in [3.8, 4) is 11.5 Å². The first-order chi connectivity index (χ1) is 5.66.